The summed E-state index contributed by atoms with van der Waals surface area (Å²) in [6, 6.07) is 18.8. The molecule has 2 N–H and O–H groups in total. The highest BCUT2D eigenvalue weighted by Gasteiger charge is 2.20. The molecule has 0 saturated carbocycles. The van der Waals surface area contributed by atoms with Crippen LogP contribution < -0.4 is 10.6 Å². The molecule has 0 bridgehead atoms. The number of amides is 1. The molecule has 0 radical (unpaired) electrons. The van der Waals surface area contributed by atoms with Gasteiger partial charge in [-0.1, -0.05) is 30.3 Å². The van der Waals surface area contributed by atoms with Gasteiger partial charge in [0.1, 0.15) is 5.76 Å². The zero-order valence-corrected chi connectivity index (χ0v) is 13.8. The summed E-state index contributed by atoms with van der Waals surface area (Å²) in [6.07, 6.45) is 0. The quantitative estimate of drug-likeness (QED) is 0.720. The Kier molecular flexibility index (Phi) is 4.38. The van der Waals surface area contributed by atoms with Gasteiger partial charge in [0, 0.05) is 23.5 Å². The number of para-hydroxylation sites is 1. The van der Waals surface area contributed by atoms with Crippen molar-refractivity contribution in [2.45, 2.75) is 13.8 Å². The molecule has 2 aromatic carbocycles. The van der Waals surface area contributed by atoms with Gasteiger partial charge < -0.3 is 15.1 Å². The molecule has 24 heavy (non-hydrogen) atoms. The van der Waals surface area contributed by atoms with Crippen molar-refractivity contribution >= 4 is 17.3 Å². The monoisotopic (exact) mass is 320 g/mol. The van der Waals surface area contributed by atoms with Crippen molar-refractivity contribution < 1.29 is 9.21 Å². The number of nitrogens with zero attached hydrogens (tertiary/aromatic N) is 1. The predicted molar refractivity (Wildman–Crippen MR) is 97.1 cm³/mol. The second-order valence-electron chi connectivity index (χ2n) is 5.62. The standard InChI is InChI=1S/C20H20N2O2/c1-3-22(16-7-5-4-6-8-16)20(23)19-12-11-18(24-19)15-10-9-14(2)17(21)13-15/h4-13H,3,21H2,1-2H3. The fraction of sp³-hybridized carbons (Fsp3) is 0.150. The van der Waals surface area contributed by atoms with E-state index in [1.54, 1.807) is 17.0 Å². The average molecular weight is 320 g/mol. The van der Waals surface area contributed by atoms with Crippen molar-refractivity contribution in [1.29, 1.82) is 0 Å². The van der Waals surface area contributed by atoms with E-state index >= 15 is 0 Å². The Bertz CT molecular complexity index is 853. The van der Waals surface area contributed by atoms with Crippen LogP contribution >= 0.6 is 0 Å². The summed E-state index contributed by atoms with van der Waals surface area (Å²) in [5.41, 5.74) is 9.39. The summed E-state index contributed by atoms with van der Waals surface area (Å²) in [7, 11) is 0. The first-order valence-electron chi connectivity index (χ1n) is 7.93. The third kappa shape index (κ3) is 3.04. The number of carbonyl (C=O) groups excluding carboxylic acids is 1. The Morgan fingerprint density at radius 2 is 1.83 bits per heavy atom. The second-order valence-corrected chi connectivity index (χ2v) is 5.62. The summed E-state index contributed by atoms with van der Waals surface area (Å²) >= 11 is 0. The molecule has 0 aliphatic heterocycles. The molecule has 0 spiro atoms. The van der Waals surface area contributed by atoms with Crippen LogP contribution in [0.15, 0.2) is 65.1 Å². The van der Waals surface area contributed by atoms with Crippen LogP contribution in [0.4, 0.5) is 11.4 Å². The van der Waals surface area contributed by atoms with Crippen molar-refractivity contribution in [3.8, 4) is 11.3 Å². The van der Waals surface area contributed by atoms with Crippen LogP contribution in [0.2, 0.25) is 0 Å². The fourth-order valence-electron chi connectivity index (χ4n) is 2.59. The molecule has 1 aromatic heterocycles. The Morgan fingerprint density at radius 3 is 2.50 bits per heavy atom. The first-order chi connectivity index (χ1) is 11.6. The van der Waals surface area contributed by atoms with Crippen LogP contribution in [0.3, 0.4) is 0 Å². The lowest BCUT2D eigenvalue weighted by Crippen LogP contribution is -2.30. The fourth-order valence-corrected chi connectivity index (χ4v) is 2.59. The maximum atomic E-state index is 12.7. The van der Waals surface area contributed by atoms with E-state index in [4.69, 9.17) is 10.2 Å². The first kappa shape index (κ1) is 15.9. The van der Waals surface area contributed by atoms with Crippen molar-refractivity contribution in [2.75, 3.05) is 17.2 Å². The van der Waals surface area contributed by atoms with Crippen LogP contribution in [-0.2, 0) is 0 Å². The van der Waals surface area contributed by atoms with Gasteiger partial charge in [-0.05, 0) is 49.7 Å². The normalized spacial score (nSPS) is 10.6. The van der Waals surface area contributed by atoms with E-state index in [-0.39, 0.29) is 5.91 Å². The minimum atomic E-state index is -0.157. The zero-order chi connectivity index (χ0) is 17.1. The molecule has 0 fully saturated rings. The van der Waals surface area contributed by atoms with Gasteiger partial charge in [-0.3, -0.25) is 4.79 Å². The van der Waals surface area contributed by atoms with Gasteiger partial charge in [0.15, 0.2) is 5.76 Å². The first-order valence-corrected chi connectivity index (χ1v) is 7.93. The van der Waals surface area contributed by atoms with Crippen molar-refractivity contribution in [1.82, 2.24) is 0 Å². The van der Waals surface area contributed by atoms with E-state index in [0.717, 1.165) is 16.8 Å². The molecule has 0 atom stereocenters. The van der Waals surface area contributed by atoms with Crippen LogP contribution in [-0.4, -0.2) is 12.5 Å². The molecule has 0 aliphatic rings. The number of anilines is 2. The number of benzene rings is 2. The minimum absolute atomic E-state index is 0.157. The summed E-state index contributed by atoms with van der Waals surface area (Å²) in [5.74, 6) is 0.791. The van der Waals surface area contributed by atoms with E-state index in [9.17, 15) is 4.79 Å². The van der Waals surface area contributed by atoms with Gasteiger partial charge >= 0.3 is 0 Å². The third-order valence-corrected chi connectivity index (χ3v) is 4.01. The topological polar surface area (TPSA) is 59.5 Å². The highest BCUT2D eigenvalue weighted by Crippen LogP contribution is 2.27. The van der Waals surface area contributed by atoms with E-state index < -0.39 is 0 Å². The number of nitrogen functional groups attached to an aromatic ring is 1. The van der Waals surface area contributed by atoms with Crippen LogP contribution in [0.5, 0.6) is 0 Å². The van der Waals surface area contributed by atoms with Gasteiger partial charge in [0.25, 0.3) is 5.91 Å². The molecule has 0 saturated heterocycles. The van der Waals surface area contributed by atoms with Crippen LogP contribution in [0.1, 0.15) is 23.0 Å². The van der Waals surface area contributed by atoms with Crippen LogP contribution in [0, 0.1) is 6.92 Å². The molecular weight excluding hydrogens is 300 g/mol. The summed E-state index contributed by atoms with van der Waals surface area (Å²) in [5, 5.41) is 0. The smallest absolute Gasteiger partial charge is 0.293 e. The highest BCUT2D eigenvalue weighted by molar-refractivity contribution is 6.04. The van der Waals surface area contributed by atoms with Gasteiger partial charge in [-0.25, -0.2) is 0 Å². The highest BCUT2D eigenvalue weighted by atomic mass is 16.4. The number of hydrogen-bond acceptors (Lipinski definition) is 3. The number of rotatable bonds is 4. The molecule has 0 aliphatic carbocycles. The molecule has 0 unspecified atom stereocenters. The van der Waals surface area contributed by atoms with Crippen LogP contribution in [0.25, 0.3) is 11.3 Å². The zero-order valence-electron chi connectivity index (χ0n) is 13.8. The number of nitrogens with two attached hydrogens (primary N) is 1. The number of carbonyl (C=O) groups is 1. The van der Waals surface area contributed by atoms with Gasteiger partial charge in [0.05, 0.1) is 0 Å². The lowest BCUT2D eigenvalue weighted by molar-refractivity contribution is 0.0962. The SMILES string of the molecule is CCN(C(=O)c1ccc(-c2ccc(C)c(N)c2)o1)c1ccccc1. The lowest BCUT2D eigenvalue weighted by atomic mass is 10.1. The molecule has 122 valence electrons. The molecule has 4 nitrogen and oxygen atoms in total. The molecular formula is C20H20N2O2. The number of aryl methyl sites for hydroxylation is 1. The second kappa shape index (κ2) is 6.62. The van der Waals surface area contributed by atoms with Crippen molar-refractivity contribution in [3.63, 3.8) is 0 Å². The molecule has 3 rings (SSSR count). The van der Waals surface area contributed by atoms with E-state index in [1.165, 1.54) is 0 Å². The molecule has 1 heterocycles. The number of hydrogen-bond donors (Lipinski definition) is 1. The van der Waals surface area contributed by atoms with Crippen molar-refractivity contribution in [3.05, 3.63) is 72.0 Å². The molecule has 3 aromatic rings. The van der Waals surface area contributed by atoms with Crippen molar-refractivity contribution in [2.24, 2.45) is 0 Å². The lowest BCUT2D eigenvalue weighted by Gasteiger charge is -2.19. The van der Waals surface area contributed by atoms with E-state index in [1.807, 2.05) is 62.4 Å². The molecule has 4 heteroatoms. The average Bonchev–Trinajstić information content (AvgIpc) is 3.09. The minimum Gasteiger partial charge on any atom is -0.451 e. The maximum Gasteiger partial charge on any atom is 0.293 e. The summed E-state index contributed by atoms with van der Waals surface area (Å²) in [4.78, 5) is 14.4. The van der Waals surface area contributed by atoms with Gasteiger partial charge in [-0.2, -0.15) is 0 Å². The Morgan fingerprint density at radius 1 is 1.08 bits per heavy atom. The summed E-state index contributed by atoms with van der Waals surface area (Å²) in [6.45, 7) is 4.46. The maximum absolute atomic E-state index is 12.7. The van der Waals surface area contributed by atoms with E-state index in [0.29, 0.717) is 23.8 Å². The largest absolute Gasteiger partial charge is 0.451 e. The Balaban J connectivity index is 1.89. The third-order valence-electron chi connectivity index (χ3n) is 4.01. The Hall–Kier alpha value is -3.01. The summed E-state index contributed by atoms with van der Waals surface area (Å²) < 4.78 is 5.78. The molecule has 1 amide bonds. The van der Waals surface area contributed by atoms with Gasteiger partial charge in [0.2, 0.25) is 0 Å². The number of furan rings is 1. The van der Waals surface area contributed by atoms with E-state index in [2.05, 4.69) is 0 Å². The predicted octanol–water partition coefficient (Wildman–Crippen LogP) is 4.50. The Labute approximate surface area is 141 Å². The van der Waals surface area contributed by atoms with Gasteiger partial charge in [-0.15, -0.1) is 0 Å².